The number of anilines is 2. The van der Waals surface area contributed by atoms with Crippen molar-refractivity contribution in [3.63, 3.8) is 0 Å². The molecule has 2 aromatic rings. The van der Waals surface area contributed by atoms with Crippen LogP contribution in [0.3, 0.4) is 0 Å². The van der Waals surface area contributed by atoms with Gasteiger partial charge < -0.3 is 15.7 Å². The average Bonchev–Trinajstić information content (AvgIpc) is 2.93. The number of nitrogens with zero attached hydrogens (tertiary/aromatic N) is 2. The van der Waals surface area contributed by atoms with E-state index in [2.05, 4.69) is 40.5 Å². The van der Waals surface area contributed by atoms with Crippen LogP contribution in [0.1, 0.15) is 38.5 Å². The zero-order chi connectivity index (χ0) is 15.2. The first-order valence-electron chi connectivity index (χ1n) is 7.64. The molecule has 0 aliphatic rings. The SMILES string of the molecule is CCCNc1nc(NCC(O)CC)c2cc(CC)sc2n1. The lowest BCUT2D eigenvalue weighted by Gasteiger charge is -2.12. The molecule has 1 unspecified atom stereocenters. The molecule has 2 aromatic heterocycles. The summed E-state index contributed by atoms with van der Waals surface area (Å²) in [5.74, 6) is 1.46. The molecule has 0 fully saturated rings. The maximum Gasteiger partial charge on any atom is 0.226 e. The first kappa shape index (κ1) is 16.0. The third-order valence-electron chi connectivity index (χ3n) is 3.30. The van der Waals surface area contributed by atoms with Gasteiger partial charge in [0.1, 0.15) is 10.6 Å². The van der Waals surface area contributed by atoms with Crippen LogP contribution in [-0.2, 0) is 6.42 Å². The van der Waals surface area contributed by atoms with Crippen LogP contribution >= 0.6 is 11.3 Å². The molecule has 0 radical (unpaired) electrons. The van der Waals surface area contributed by atoms with Crippen molar-refractivity contribution >= 4 is 33.3 Å². The van der Waals surface area contributed by atoms with Crippen molar-refractivity contribution in [3.05, 3.63) is 10.9 Å². The molecule has 2 heterocycles. The number of rotatable bonds is 8. The Balaban J connectivity index is 2.31. The fourth-order valence-corrected chi connectivity index (χ4v) is 2.92. The number of aromatic nitrogens is 2. The van der Waals surface area contributed by atoms with Crippen LogP contribution in [0.15, 0.2) is 6.07 Å². The molecule has 0 saturated heterocycles. The monoisotopic (exact) mass is 308 g/mol. The number of hydrogen-bond donors (Lipinski definition) is 3. The Kier molecular flexibility index (Phi) is 5.76. The fourth-order valence-electron chi connectivity index (χ4n) is 1.96. The molecule has 0 aliphatic carbocycles. The summed E-state index contributed by atoms with van der Waals surface area (Å²) in [6.07, 6.45) is 2.40. The summed E-state index contributed by atoms with van der Waals surface area (Å²) in [6, 6.07) is 2.14. The Morgan fingerprint density at radius 3 is 2.71 bits per heavy atom. The van der Waals surface area contributed by atoms with Gasteiger partial charge in [0.2, 0.25) is 5.95 Å². The fraction of sp³-hybridized carbons (Fsp3) is 0.600. The molecule has 6 heteroatoms. The van der Waals surface area contributed by atoms with Gasteiger partial charge in [-0.05, 0) is 25.3 Å². The lowest BCUT2D eigenvalue weighted by atomic mass is 10.2. The van der Waals surface area contributed by atoms with Gasteiger partial charge >= 0.3 is 0 Å². The first-order valence-corrected chi connectivity index (χ1v) is 8.45. The number of fused-ring (bicyclic) bond motifs is 1. The van der Waals surface area contributed by atoms with Crippen molar-refractivity contribution in [2.75, 3.05) is 23.7 Å². The molecule has 2 rings (SSSR count). The quantitative estimate of drug-likeness (QED) is 0.698. The minimum atomic E-state index is -0.355. The highest BCUT2D eigenvalue weighted by molar-refractivity contribution is 7.18. The van der Waals surface area contributed by atoms with Crippen LogP contribution in [0.25, 0.3) is 10.2 Å². The maximum absolute atomic E-state index is 9.73. The van der Waals surface area contributed by atoms with Gasteiger partial charge in [0, 0.05) is 18.0 Å². The van der Waals surface area contributed by atoms with E-state index < -0.39 is 0 Å². The Hall–Kier alpha value is -1.40. The molecule has 0 aliphatic heterocycles. The minimum Gasteiger partial charge on any atom is -0.391 e. The highest BCUT2D eigenvalue weighted by Crippen LogP contribution is 2.30. The van der Waals surface area contributed by atoms with Crippen molar-refractivity contribution in [3.8, 4) is 0 Å². The first-order chi connectivity index (χ1) is 10.2. The van der Waals surface area contributed by atoms with E-state index in [1.54, 1.807) is 11.3 Å². The van der Waals surface area contributed by atoms with E-state index in [1.807, 2.05) is 6.92 Å². The number of aliphatic hydroxyl groups is 1. The van der Waals surface area contributed by atoms with Crippen LogP contribution in [0.4, 0.5) is 11.8 Å². The van der Waals surface area contributed by atoms with E-state index in [0.717, 1.165) is 41.8 Å². The molecular formula is C15H24N4OS. The van der Waals surface area contributed by atoms with Crippen LogP contribution in [0.2, 0.25) is 0 Å². The lowest BCUT2D eigenvalue weighted by molar-refractivity contribution is 0.183. The van der Waals surface area contributed by atoms with Gasteiger partial charge in [0.15, 0.2) is 0 Å². The number of aryl methyl sites for hydroxylation is 1. The summed E-state index contributed by atoms with van der Waals surface area (Å²) < 4.78 is 0. The third kappa shape index (κ3) is 4.04. The third-order valence-corrected chi connectivity index (χ3v) is 4.47. The van der Waals surface area contributed by atoms with Gasteiger partial charge in [-0.25, -0.2) is 4.98 Å². The highest BCUT2D eigenvalue weighted by atomic mass is 32.1. The largest absolute Gasteiger partial charge is 0.391 e. The molecule has 3 N–H and O–H groups in total. The van der Waals surface area contributed by atoms with Gasteiger partial charge in [0.05, 0.1) is 11.5 Å². The molecule has 0 bridgehead atoms. The molecule has 0 amide bonds. The van der Waals surface area contributed by atoms with Crippen molar-refractivity contribution in [2.24, 2.45) is 0 Å². The van der Waals surface area contributed by atoms with Crippen LogP contribution in [0, 0.1) is 0 Å². The zero-order valence-electron chi connectivity index (χ0n) is 12.9. The second-order valence-corrected chi connectivity index (χ2v) is 6.17. The summed E-state index contributed by atoms with van der Waals surface area (Å²) in [6.45, 7) is 7.59. The molecule has 0 saturated carbocycles. The Morgan fingerprint density at radius 1 is 1.24 bits per heavy atom. The summed E-state index contributed by atoms with van der Waals surface area (Å²) in [5.41, 5.74) is 0. The van der Waals surface area contributed by atoms with E-state index in [4.69, 9.17) is 0 Å². The normalized spacial score (nSPS) is 12.6. The molecule has 116 valence electrons. The van der Waals surface area contributed by atoms with Gasteiger partial charge in [0.25, 0.3) is 0 Å². The van der Waals surface area contributed by atoms with Crippen LogP contribution < -0.4 is 10.6 Å². The van der Waals surface area contributed by atoms with Crippen molar-refractivity contribution in [1.82, 2.24) is 9.97 Å². The summed E-state index contributed by atoms with van der Waals surface area (Å²) >= 11 is 1.71. The predicted octanol–water partition coefficient (Wildman–Crippen LogP) is 3.26. The second kappa shape index (κ2) is 7.56. The van der Waals surface area contributed by atoms with Crippen molar-refractivity contribution in [1.29, 1.82) is 0 Å². The van der Waals surface area contributed by atoms with E-state index in [0.29, 0.717) is 12.5 Å². The van der Waals surface area contributed by atoms with Gasteiger partial charge in [-0.1, -0.05) is 20.8 Å². The number of thiophene rings is 1. The Morgan fingerprint density at radius 2 is 2.05 bits per heavy atom. The number of nitrogens with one attached hydrogen (secondary N) is 2. The van der Waals surface area contributed by atoms with Crippen LogP contribution in [0.5, 0.6) is 0 Å². The average molecular weight is 308 g/mol. The summed E-state index contributed by atoms with van der Waals surface area (Å²) in [5, 5.41) is 17.3. The molecule has 0 aromatic carbocycles. The van der Waals surface area contributed by atoms with Crippen molar-refractivity contribution in [2.45, 2.75) is 46.1 Å². The summed E-state index contributed by atoms with van der Waals surface area (Å²) in [4.78, 5) is 11.4. The van der Waals surface area contributed by atoms with E-state index >= 15 is 0 Å². The van der Waals surface area contributed by atoms with Gasteiger partial charge in [-0.15, -0.1) is 11.3 Å². The smallest absolute Gasteiger partial charge is 0.226 e. The standard InChI is InChI=1S/C15H24N4OS/c1-4-7-16-15-18-13(17-9-10(20)5-2)12-8-11(6-3)21-14(12)19-15/h8,10,20H,4-7,9H2,1-3H3,(H2,16,17,18,19). The Bertz CT molecular complexity index is 584. The molecule has 1 atom stereocenters. The summed E-state index contributed by atoms with van der Waals surface area (Å²) in [7, 11) is 0. The zero-order valence-corrected chi connectivity index (χ0v) is 13.8. The molecule has 0 spiro atoms. The molecular weight excluding hydrogens is 284 g/mol. The maximum atomic E-state index is 9.73. The van der Waals surface area contributed by atoms with Gasteiger partial charge in [-0.3, -0.25) is 0 Å². The van der Waals surface area contributed by atoms with E-state index in [9.17, 15) is 5.11 Å². The highest BCUT2D eigenvalue weighted by Gasteiger charge is 2.12. The van der Waals surface area contributed by atoms with Gasteiger partial charge in [-0.2, -0.15) is 4.98 Å². The lowest BCUT2D eigenvalue weighted by Crippen LogP contribution is -2.19. The molecule has 5 nitrogen and oxygen atoms in total. The number of aliphatic hydroxyl groups excluding tert-OH is 1. The van der Waals surface area contributed by atoms with E-state index in [1.165, 1.54) is 4.88 Å². The minimum absolute atomic E-state index is 0.355. The van der Waals surface area contributed by atoms with Crippen LogP contribution in [-0.4, -0.2) is 34.3 Å². The molecule has 21 heavy (non-hydrogen) atoms. The second-order valence-electron chi connectivity index (χ2n) is 5.05. The predicted molar refractivity (Wildman–Crippen MR) is 90.4 cm³/mol. The van der Waals surface area contributed by atoms with E-state index in [-0.39, 0.29) is 6.10 Å². The van der Waals surface area contributed by atoms with Crippen molar-refractivity contribution < 1.29 is 5.11 Å². The Labute approximate surface area is 129 Å². The number of hydrogen-bond acceptors (Lipinski definition) is 6. The topological polar surface area (TPSA) is 70.1 Å².